The second-order valence-electron chi connectivity index (χ2n) is 7.41. The molecule has 1 fully saturated rings. The SMILES string of the molecule is Cc1nn(-c2ccccc2)c2sc(C(=O)NCC(=O)N3CCC(C)CC3)cc12. The minimum absolute atomic E-state index is 0.00648. The van der Waals surface area contributed by atoms with E-state index in [1.807, 2.05) is 52.9 Å². The van der Waals surface area contributed by atoms with Crippen molar-refractivity contribution in [2.24, 2.45) is 5.92 Å². The van der Waals surface area contributed by atoms with Crippen LogP contribution in [-0.4, -0.2) is 46.1 Å². The second-order valence-corrected chi connectivity index (χ2v) is 8.44. The first-order valence-electron chi connectivity index (χ1n) is 9.63. The Bertz CT molecular complexity index is 1000. The van der Waals surface area contributed by atoms with Gasteiger partial charge in [0.15, 0.2) is 0 Å². The fraction of sp³-hybridized carbons (Fsp3) is 0.381. The Balaban J connectivity index is 1.47. The van der Waals surface area contributed by atoms with Gasteiger partial charge in [-0.05, 0) is 43.9 Å². The summed E-state index contributed by atoms with van der Waals surface area (Å²) >= 11 is 1.40. The molecule has 1 saturated heterocycles. The number of rotatable bonds is 4. The monoisotopic (exact) mass is 396 g/mol. The van der Waals surface area contributed by atoms with E-state index in [-0.39, 0.29) is 18.4 Å². The Morgan fingerprint density at radius 2 is 1.93 bits per heavy atom. The molecule has 2 aromatic heterocycles. The van der Waals surface area contributed by atoms with Crippen molar-refractivity contribution in [3.63, 3.8) is 0 Å². The van der Waals surface area contributed by atoms with Gasteiger partial charge in [0, 0.05) is 18.5 Å². The molecule has 0 aliphatic carbocycles. The fourth-order valence-corrected chi connectivity index (χ4v) is 4.62. The van der Waals surface area contributed by atoms with Crippen molar-refractivity contribution in [2.45, 2.75) is 26.7 Å². The second kappa shape index (κ2) is 7.75. The number of hydrogen-bond donors (Lipinski definition) is 1. The molecule has 0 unspecified atom stereocenters. The molecule has 3 heterocycles. The number of nitrogens with zero attached hydrogens (tertiary/aromatic N) is 3. The van der Waals surface area contributed by atoms with E-state index in [1.54, 1.807) is 0 Å². The van der Waals surface area contributed by atoms with E-state index in [9.17, 15) is 9.59 Å². The minimum atomic E-state index is -0.209. The van der Waals surface area contributed by atoms with Gasteiger partial charge >= 0.3 is 0 Å². The van der Waals surface area contributed by atoms with E-state index >= 15 is 0 Å². The van der Waals surface area contributed by atoms with Crippen LogP contribution in [0.25, 0.3) is 15.9 Å². The van der Waals surface area contributed by atoms with E-state index in [1.165, 1.54) is 11.3 Å². The molecule has 6 nitrogen and oxygen atoms in total. The van der Waals surface area contributed by atoms with Crippen molar-refractivity contribution < 1.29 is 9.59 Å². The molecule has 2 amide bonds. The standard InChI is InChI=1S/C21H24N4O2S/c1-14-8-10-24(11-9-14)19(26)13-22-20(27)18-12-17-15(2)23-25(21(17)28-18)16-6-4-3-5-7-16/h3-7,12,14H,8-11,13H2,1-2H3,(H,22,27). The molecular weight excluding hydrogens is 372 g/mol. The first-order valence-corrected chi connectivity index (χ1v) is 10.4. The number of piperidine rings is 1. The number of carbonyl (C=O) groups excluding carboxylic acids is 2. The van der Waals surface area contributed by atoms with Crippen LogP contribution < -0.4 is 5.32 Å². The zero-order chi connectivity index (χ0) is 19.7. The Labute approximate surface area is 168 Å². The van der Waals surface area contributed by atoms with Crippen LogP contribution in [0.3, 0.4) is 0 Å². The molecule has 3 aromatic rings. The molecule has 1 aromatic carbocycles. The summed E-state index contributed by atoms with van der Waals surface area (Å²) in [5, 5.41) is 8.35. The maximum absolute atomic E-state index is 12.6. The van der Waals surface area contributed by atoms with Gasteiger partial charge in [-0.3, -0.25) is 9.59 Å². The van der Waals surface area contributed by atoms with Gasteiger partial charge in [0.1, 0.15) is 4.83 Å². The van der Waals surface area contributed by atoms with E-state index in [2.05, 4.69) is 17.3 Å². The van der Waals surface area contributed by atoms with Crippen LogP contribution in [0.2, 0.25) is 0 Å². The molecule has 1 aliphatic heterocycles. The predicted molar refractivity (Wildman–Crippen MR) is 111 cm³/mol. The quantitative estimate of drug-likeness (QED) is 0.735. The van der Waals surface area contributed by atoms with E-state index in [4.69, 9.17) is 0 Å². The molecule has 0 radical (unpaired) electrons. The fourth-order valence-electron chi connectivity index (χ4n) is 3.52. The lowest BCUT2D eigenvalue weighted by molar-refractivity contribution is -0.131. The molecule has 0 saturated carbocycles. The number of thiophene rings is 1. The first-order chi connectivity index (χ1) is 13.5. The number of fused-ring (bicyclic) bond motifs is 1. The maximum atomic E-state index is 12.6. The lowest BCUT2D eigenvalue weighted by atomic mass is 9.99. The summed E-state index contributed by atoms with van der Waals surface area (Å²) in [4.78, 5) is 28.3. The van der Waals surface area contributed by atoms with Gasteiger partial charge in [0.2, 0.25) is 5.91 Å². The summed E-state index contributed by atoms with van der Waals surface area (Å²) in [6, 6.07) is 11.7. The van der Waals surface area contributed by atoms with Crippen molar-refractivity contribution in [3.05, 3.63) is 47.0 Å². The van der Waals surface area contributed by atoms with Gasteiger partial charge < -0.3 is 10.2 Å². The molecule has 146 valence electrons. The van der Waals surface area contributed by atoms with Gasteiger partial charge in [-0.15, -0.1) is 11.3 Å². The highest BCUT2D eigenvalue weighted by molar-refractivity contribution is 7.20. The third-order valence-electron chi connectivity index (χ3n) is 5.31. The highest BCUT2D eigenvalue weighted by atomic mass is 32.1. The highest BCUT2D eigenvalue weighted by Crippen LogP contribution is 2.30. The van der Waals surface area contributed by atoms with E-state index in [0.717, 1.165) is 47.5 Å². The number of amides is 2. The van der Waals surface area contributed by atoms with E-state index < -0.39 is 0 Å². The molecule has 0 spiro atoms. The average molecular weight is 397 g/mol. The van der Waals surface area contributed by atoms with Crippen molar-refractivity contribution in [2.75, 3.05) is 19.6 Å². The summed E-state index contributed by atoms with van der Waals surface area (Å²) < 4.78 is 1.87. The van der Waals surface area contributed by atoms with Gasteiger partial charge in [0.05, 0.1) is 22.8 Å². The zero-order valence-electron chi connectivity index (χ0n) is 16.1. The molecule has 7 heteroatoms. The zero-order valence-corrected chi connectivity index (χ0v) is 17.0. The summed E-state index contributed by atoms with van der Waals surface area (Å²) in [5.41, 5.74) is 1.84. The predicted octanol–water partition coefficient (Wildman–Crippen LogP) is 3.38. The van der Waals surface area contributed by atoms with Crippen molar-refractivity contribution in [1.29, 1.82) is 0 Å². The largest absolute Gasteiger partial charge is 0.342 e. The number of likely N-dealkylation sites (tertiary alicyclic amines) is 1. The third-order valence-corrected chi connectivity index (χ3v) is 6.42. The number of aryl methyl sites for hydroxylation is 1. The number of benzene rings is 1. The Hall–Kier alpha value is -2.67. The van der Waals surface area contributed by atoms with Crippen LogP contribution in [0, 0.1) is 12.8 Å². The summed E-state index contributed by atoms with van der Waals surface area (Å²) in [6.45, 7) is 5.77. The maximum Gasteiger partial charge on any atom is 0.261 e. The van der Waals surface area contributed by atoms with Crippen LogP contribution in [0.4, 0.5) is 0 Å². The number of carbonyl (C=O) groups is 2. The number of aromatic nitrogens is 2. The smallest absolute Gasteiger partial charge is 0.261 e. The normalized spacial score (nSPS) is 15.1. The molecule has 1 aliphatic rings. The highest BCUT2D eigenvalue weighted by Gasteiger charge is 2.22. The molecule has 0 atom stereocenters. The van der Waals surface area contributed by atoms with Gasteiger partial charge in [-0.25, -0.2) is 4.68 Å². The summed E-state index contributed by atoms with van der Waals surface area (Å²) in [7, 11) is 0. The average Bonchev–Trinajstić information content (AvgIpc) is 3.28. The Kier molecular flexibility index (Phi) is 5.17. The summed E-state index contributed by atoms with van der Waals surface area (Å²) in [6.07, 6.45) is 2.07. The number of nitrogens with one attached hydrogen (secondary N) is 1. The molecule has 4 rings (SSSR count). The van der Waals surface area contributed by atoms with Gasteiger partial charge in [-0.1, -0.05) is 25.1 Å². The van der Waals surface area contributed by atoms with E-state index in [0.29, 0.717) is 10.8 Å². The van der Waals surface area contributed by atoms with Gasteiger partial charge in [0.25, 0.3) is 5.91 Å². The van der Waals surface area contributed by atoms with Crippen molar-refractivity contribution in [1.82, 2.24) is 20.0 Å². The van der Waals surface area contributed by atoms with Crippen LogP contribution in [-0.2, 0) is 4.79 Å². The van der Waals surface area contributed by atoms with Crippen molar-refractivity contribution >= 4 is 33.4 Å². The van der Waals surface area contributed by atoms with Crippen LogP contribution in [0.5, 0.6) is 0 Å². The lowest BCUT2D eigenvalue weighted by Crippen LogP contribution is -2.43. The van der Waals surface area contributed by atoms with Crippen LogP contribution in [0.1, 0.15) is 35.1 Å². The van der Waals surface area contributed by atoms with Gasteiger partial charge in [-0.2, -0.15) is 5.10 Å². The molecule has 1 N–H and O–H groups in total. The Morgan fingerprint density at radius 3 is 2.64 bits per heavy atom. The molecule has 28 heavy (non-hydrogen) atoms. The number of hydrogen-bond acceptors (Lipinski definition) is 4. The summed E-state index contributed by atoms with van der Waals surface area (Å²) in [5.74, 6) is 0.455. The van der Waals surface area contributed by atoms with Crippen molar-refractivity contribution in [3.8, 4) is 5.69 Å². The minimum Gasteiger partial charge on any atom is -0.342 e. The first kappa shape index (κ1) is 18.7. The van der Waals surface area contributed by atoms with Crippen LogP contribution >= 0.6 is 11.3 Å². The number of para-hydroxylation sites is 1. The lowest BCUT2D eigenvalue weighted by Gasteiger charge is -2.30. The topological polar surface area (TPSA) is 67.2 Å². The molecule has 0 bridgehead atoms. The molecular formula is C21H24N4O2S. The third kappa shape index (κ3) is 3.67. The Morgan fingerprint density at radius 1 is 1.21 bits per heavy atom. The van der Waals surface area contributed by atoms with Crippen LogP contribution in [0.15, 0.2) is 36.4 Å².